The van der Waals surface area contributed by atoms with Crippen LogP contribution in [0.15, 0.2) is 52.3 Å². The molecule has 1 saturated heterocycles. The first-order chi connectivity index (χ1) is 17.4. The molecule has 182 valence electrons. The van der Waals surface area contributed by atoms with Crippen molar-refractivity contribution in [1.82, 2.24) is 19.9 Å². The highest BCUT2D eigenvalue weighted by atomic mass is 32.1. The van der Waals surface area contributed by atoms with Crippen molar-refractivity contribution in [3.05, 3.63) is 75.4 Å². The van der Waals surface area contributed by atoms with Crippen LogP contribution in [0.2, 0.25) is 0 Å². The number of furan rings is 1. The summed E-state index contributed by atoms with van der Waals surface area (Å²) in [7, 11) is 0. The summed E-state index contributed by atoms with van der Waals surface area (Å²) in [4.78, 5) is 39.8. The SMILES string of the molecule is Cc1cc2nc(NC(=O)c3csc(C4CCN(C(=O)c5cc6ccccc6o5)CC4)n3)[nH]c2cc1C. The normalized spacial score (nSPS) is 14.6. The van der Waals surface area contributed by atoms with Gasteiger partial charge in [0.1, 0.15) is 11.3 Å². The lowest BCUT2D eigenvalue weighted by Gasteiger charge is -2.30. The molecule has 8 nitrogen and oxygen atoms in total. The molecule has 0 atom stereocenters. The van der Waals surface area contributed by atoms with Crippen molar-refractivity contribution in [3.63, 3.8) is 0 Å². The second-order valence-electron chi connectivity index (χ2n) is 9.28. The van der Waals surface area contributed by atoms with E-state index in [2.05, 4.69) is 20.3 Å². The van der Waals surface area contributed by atoms with Crippen molar-refractivity contribution in [2.45, 2.75) is 32.6 Å². The number of aromatic nitrogens is 3. The molecule has 9 heteroatoms. The number of hydrogen-bond donors (Lipinski definition) is 2. The first-order valence-electron chi connectivity index (χ1n) is 12.0. The molecule has 0 radical (unpaired) electrons. The van der Waals surface area contributed by atoms with Gasteiger partial charge in [-0.05, 0) is 62.1 Å². The molecule has 5 aromatic rings. The number of para-hydroxylation sites is 1. The van der Waals surface area contributed by atoms with Crippen LogP contribution in [-0.4, -0.2) is 44.8 Å². The average Bonchev–Trinajstić information content (AvgIpc) is 3.62. The number of thiazole rings is 1. The Morgan fingerprint density at radius 2 is 1.86 bits per heavy atom. The molecule has 2 amide bonds. The van der Waals surface area contributed by atoms with Gasteiger partial charge in [-0.25, -0.2) is 9.97 Å². The maximum Gasteiger partial charge on any atom is 0.289 e. The third-order valence-electron chi connectivity index (χ3n) is 6.85. The summed E-state index contributed by atoms with van der Waals surface area (Å²) >= 11 is 1.49. The van der Waals surface area contributed by atoms with Crippen LogP contribution in [0.25, 0.3) is 22.0 Å². The van der Waals surface area contributed by atoms with Crippen molar-refractivity contribution in [2.24, 2.45) is 0 Å². The molecule has 2 N–H and O–H groups in total. The smallest absolute Gasteiger partial charge is 0.289 e. The second kappa shape index (κ2) is 8.91. The molecular weight excluding hydrogens is 474 g/mol. The number of imidazole rings is 1. The van der Waals surface area contributed by atoms with Gasteiger partial charge >= 0.3 is 0 Å². The molecular formula is C27H25N5O3S. The predicted molar refractivity (Wildman–Crippen MR) is 140 cm³/mol. The molecule has 4 heterocycles. The lowest BCUT2D eigenvalue weighted by Crippen LogP contribution is -2.37. The predicted octanol–water partition coefficient (Wildman–Crippen LogP) is 5.65. The first kappa shape index (κ1) is 22.5. The Hall–Kier alpha value is -3.98. The number of aromatic amines is 1. The third kappa shape index (κ3) is 4.15. The van der Waals surface area contributed by atoms with Crippen molar-refractivity contribution >= 4 is 51.1 Å². The Balaban J connectivity index is 1.09. The first-order valence-corrected chi connectivity index (χ1v) is 12.8. The number of nitrogens with one attached hydrogen (secondary N) is 2. The number of nitrogens with zero attached hydrogens (tertiary/aromatic N) is 3. The van der Waals surface area contributed by atoms with E-state index in [0.717, 1.165) is 45.4 Å². The number of amides is 2. The van der Waals surface area contributed by atoms with Crippen LogP contribution in [0.1, 0.15) is 55.9 Å². The van der Waals surface area contributed by atoms with E-state index in [0.29, 0.717) is 30.5 Å². The monoisotopic (exact) mass is 499 g/mol. The molecule has 1 aliphatic rings. The molecule has 36 heavy (non-hydrogen) atoms. The number of fused-ring (bicyclic) bond motifs is 2. The van der Waals surface area contributed by atoms with Gasteiger partial charge < -0.3 is 14.3 Å². The Morgan fingerprint density at radius 3 is 2.67 bits per heavy atom. The highest BCUT2D eigenvalue weighted by molar-refractivity contribution is 7.10. The highest BCUT2D eigenvalue weighted by Gasteiger charge is 2.28. The number of benzene rings is 2. The number of rotatable bonds is 4. The number of piperidine rings is 1. The van der Waals surface area contributed by atoms with Crippen LogP contribution in [0.3, 0.4) is 0 Å². The molecule has 6 rings (SSSR count). The molecule has 0 bridgehead atoms. The molecule has 1 aliphatic heterocycles. The number of aryl methyl sites for hydroxylation is 2. The highest BCUT2D eigenvalue weighted by Crippen LogP contribution is 2.31. The van der Waals surface area contributed by atoms with Crippen molar-refractivity contribution in [3.8, 4) is 0 Å². The second-order valence-corrected chi connectivity index (χ2v) is 10.2. The summed E-state index contributed by atoms with van der Waals surface area (Å²) in [6.45, 7) is 5.33. The zero-order valence-electron chi connectivity index (χ0n) is 20.0. The largest absolute Gasteiger partial charge is 0.451 e. The van der Waals surface area contributed by atoms with Crippen LogP contribution >= 0.6 is 11.3 Å². The van der Waals surface area contributed by atoms with Gasteiger partial charge in [-0.15, -0.1) is 11.3 Å². The van der Waals surface area contributed by atoms with Gasteiger partial charge in [-0.3, -0.25) is 14.9 Å². The third-order valence-corrected chi connectivity index (χ3v) is 7.86. The Bertz CT molecular complexity index is 1530. The zero-order valence-corrected chi connectivity index (χ0v) is 20.8. The van der Waals surface area contributed by atoms with E-state index in [-0.39, 0.29) is 17.7 Å². The zero-order chi connectivity index (χ0) is 24.8. The van der Waals surface area contributed by atoms with Gasteiger partial charge in [0, 0.05) is 29.8 Å². The van der Waals surface area contributed by atoms with Crippen LogP contribution in [0.4, 0.5) is 5.95 Å². The molecule has 0 unspecified atom stereocenters. The van der Waals surface area contributed by atoms with E-state index in [4.69, 9.17) is 4.42 Å². The Morgan fingerprint density at radius 1 is 1.08 bits per heavy atom. The molecule has 0 spiro atoms. The molecule has 3 aromatic heterocycles. The van der Waals surface area contributed by atoms with Crippen LogP contribution in [0.5, 0.6) is 0 Å². The van der Waals surface area contributed by atoms with Crippen molar-refractivity contribution in [1.29, 1.82) is 0 Å². The van der Waals surface area contributed by atoms with E-state index in [1.54, 1.807) is 11.4 Å². The number of anilines is 1. The number of likely N-dealkylation sites (tertiary alicyclic amines) is 1. The van der Waals surface area contributed by atoms with Gasteiger partial charge in [0.25, 0.3) is 11.8 Å². The van der Waals surface area contributed by atoms with Crippen LogP contribution in [-0.2, 0) is 0 Å². The molecule has 0 saturated carbocycles. The Labute approximate surface area is 211 Å². The van der Waals surface area contributed by atoms with Crippen molar-refractivity contribution < 1.29 is 14.0 Å². The summed E-state index contributed by atoms with van der Waals surface area (Å²) in [5, 5.41) is 6.47. The van der Waals surface area contributed by atoms with Gasteiger partial charge in [0.15, 0.2) is 5.76 Å². The fourth-order valence-electron chi connectivity index (χ4n) is 4.65. The fraction of sp³-hybridized carbons (Fsp3) is 0.259. The number of hydrogen-bond acceptors (Lipinski definition) is 6. The lowest BCUT2D eigenvalue weighted by molar-refractivity contribution is 0.0683. The number of carbonyl (C=O) groups is 2. The quantitative estimate of drug-likeness (QED) is 0.332. The average molecular weight is 500 g/mol. The van der Waals surface area contributed by atoms with E-state index < -0.39 is 0 Å². The van der Waals surface area contributed by atoms with Crippen molar-refractivity contribution in [2.75, 3.05) is 18.4 Å². The maximum atomic E-state index is 12.9. The molecule has 1 fully saturated rings. The maximum absolute atomic E-state index is 12.9. The standard InChI is InChI=1S/C27H25N5O3S/c1-15-11-19-20(12-16(15)2)30-27(29-19)31-24(33)21-14-36-25(28-21)17-7-9-32(10-8-17)26(34)23-13-18-5-3-4-6-22(18)35-23/h3-6,11-14,17H,7-10H2,1-2H3,(H2,29,30,31,33). The molecule has 2 aromatic carbocycles. The van der Waals surface area contributed by atoms with Gasteiger partial charge in [-0.1, -0.05) is 18.2 Å². The fourth-order valence-corrected chi connectivity index (χ4v) is 5.62. The Kier molecular flexibility index (Phi) is 5.56. The number of H-pyrrole nitrogens is 1. The molecule has 0 aliphatic carbocycles. The van der Waals surface area contributed by atoms with Crippen LogP contribution in [0, 0.1) is 13.8 Å². The minimum absolute atomic E-state index is 0.0833. The van der Waals surface area contributed by atoms with E-state index >= 15 is 0 Å². The minimum atomic E-state index is -0.289. The summed E-state index contributed by atoms with van der Waals surface area (Å²) in [6, 6.07) is 13.5. The van der Waals surface area contributed by atoms with E-state index in [1.165, 1.54) is 16.9 Å². The number of carbonyl (C=O) groups excluding carboxylic acids is 2. The summed E-state index contributed by atoms with van der Waals surface area (Å²) in [5.41, 5.74) is 5.12. The summed E-state index contributed by atoms with van der Waals surface area (Å²) in [6.07, 6.45) is 1.59. The van der Waals surface area contributed by atoms with Crippen LogP contribution < -0.4 is 5.32 Å². The van der Waals surface area contributed by atoms with E-state index in [1.807, 2.05) is 55.1 Å². The summed E-state index contributed by atoms with van der Waals surface area (Å²) < 4.78 is 5.75. The van der Waals surface area contributed by atoms with Gasteiger partial charge in [-0.2, -0.15) is 0 Å². The lowest BCUT2D eigenvalue weighted by atomic mass is 9.97. The van der Waals surface area contributed by atoms with Gasteiger partial charge in [0.2, 0.25) is 5.95 Å². The topological polar surface area (TPSA) is 104 Å². The van der Waals surface area contributed by atoms with E-state index in [9.17, 15) is 9.59 Å². The summed E-state index contributed by atoms with van der Waals surface area (Å²) in [5.74, 6) is 0.627. The minimum Gasteiger partial charge on any atom is -0.451 e. The van der Waals surface area contributed by atoms with Gasteiger partial charge in [0.05, 0.1) is 16.0 Å².